The molecule has 1 spiro atoms. The zero-order valence-electron chi connectivity index (χ0n) is 5.89. The number of rotatable bonds is 0. The molecule has 0 aromatic carbocycles. The van der Waals surface area contributed by atoms with E-state index < -0.39 is 0 Å². The highest BCUT2D eigenvalue weighted by molar-refractivity contribution is 4.95. The van der Waals surface area contributed by atoms with Crippen LogP contribution in [0, 0.1) is 0 Å². The second kappa shape index (κ2) is 1.70. The Labute approximate surface area is 55.8 Å². The number of likely N-dealkylation sites (tertiary alicyclic amines) is 1. The Morgan fingerprint density at radius 3 is 2.44 bits per heavy atom. The van der Waals surface area contributed by atoms with Crippen molar-refractivity contribution in [3.8, 4) is 0 Å². The average molecular weight is 127 g/mol. The Balaban J connectivity index is 1.99. The van der Waals surface area contributed by atoms with Gasteiger partial charge in [-0.05, 0) is 13.5 Å². The Morgan fingerprint density at radius 2 is 2.22 bits per heavy atom. The van der Waals surface area contributed by atoms with E-state index in [4.69, 9.17) is 4.74 Å². The fourth-order valence-corrected chi connectivity index (χ4v) is 1.76. The molecule has 52 valence electrons. The number of hydrogen-bond donors (Lipinski definition) is 0. The second-order valence-electron chi connectivity index (χ2n) is 3.27. The van der Waals surface area contributed by atoms with Crippen molar-refractivity contribution in [3.05, 3.63) is 0 Å². The molecular weight excluding hydrogens is 114 g/mol. The van der Waals surface area contributed by atoms with Crippen LogP contribution in [0.15, 0.2) is 0 Å². The molecule has 2 aliphatic rings. The number of likely N-dealkylation sites (N-methyl/N-ethyl adjacent to an activating group) is 1. The third-order valence-electron chi connectivity index (χ3n) is 2.47. The molecule has 0 radical (unpaired) electrons. The van der Waals surface area contributed by atoms with Gasteiger partial charge in [0.25, 0.3) is 0 Å². The normalized spacial score (nSPS) is 43.7. The molecule has 1 atom stereocenters. The van der Waals surface area contributed by atoms with E-state index in [1.54, 1.807) is 0 Å². The van der Waals surface area contributed by atoms with E-state index in [0.29, 0.717) is 5.60 Å². The van der Waals surface area contributed by atoms with Crippen LogP contribution in [0.2, 0.25) is 0 Å². The predicted octanol–water partition coefficient (Wildman–Crippen LogP) is 0.481. The van der Waals surface area contributed by atoms with Crippen molar-refractivity contribution in [2.45, 2.75) is 18.4 Å². The molecule has 0 amide bonds. The molecule has 0 N–H and O–H groups in total. The average Bonchev–Trinajstić information content (AvgIpc) is 2.09. The molecule has 0 aromatic heterocycles. The zero-order chi connectivity index (χ0) is 6.32. The van der Waals surface area contributed by atoms with Crippen LogP contribution >= 0.6 is 0 Å². The van der Waals surface area contributed by atoms with Gasteiger partial charge in [-0.2, -0.15) is 0 Å². The van der Waals surface area contributed by atoms with Gasteiger partial charge in [0.05, 0.1) is 12.2 Å². The Hall–Kier alpha value is -0.0800. The first-order chi connectivity index (χ1) is 4.31. The lowest BCUT2D eigenvalue weighted by Crippen LogP contribution is -2.45. The predicted molar refractivity (Wildman–Crippen MR) is 35.4 cm³/mol. The fraction of sp³-hybridized carbons (Fsp3) is 1.00. The molecule has 0 bridgehead atoms. The van der Waals surface area contributed by atoms with Crippen LogP contribution in [-0.4, -0.2) is 37.2 Å². The van der Waals surface area contributed by atoms with Gasteiger partial charge in [-0.3, -0.25) is 0 Å². The quantitative estimate of drug-likeness (QED) is 0.469. The highest BCUT2D eigenvalue weighted by atomic mass is 16.5. The van der Waals surface area contributed by atoms with Crippen LogP contribution in [0.5, 0.6) is 0 Å². The minimum atomic E-state index is 0.314. The highest BCUT2D eigenvalue weighted by Gasteiger charge is 2.42. The second-order valence-corrected chi connectivity index (χ2v) is 3.27. The standard InChI is InChI=1S/C7H13NO/c1-8-4-2-7(6-8)3-5-9-7/h2-6H2,1H3. The van der Waals surface area contributed by atoms with Gasteiger partial charge >= 0.3 is 0 Å². The lowest BCUT2D eigenvalue weighted by molar-refractivity contribution is -0.136. The first kappa shape index (κ1) is 5.69. The summed E-state index contributed by atoms with van der Waals surface area (Å²) in [6.07, 6.45) is 2.54. The van der Waals surface area contributed by atoms with Crippen molar-refractivity contribution in [1.82, 2.24) is 4.90 Å². The summed E-state index contributed by atoms with van der Waals surface area (Å²) in [4.78, 5) is 2.35. The topological polar surface area (TPSA) is 12.5 Å². The molecule has 2 heteroatoms. The first-order valence-electron chi connectivity index (χ1n) is 3.63. The Bertz CT molecular complexity index is 120. The van der Waals surface area contributed by atoms with Crippen molar-refractivity contribution < 1.29 is 4.74 Å². The fourth-order valence-electron chi connectivity index (χ4n) is 1.76. The molecule has 2 saturated heterocycles. The van der Waals surface area contributed by atoms with E-state index in [2.05, 4.69) is 11.9 Å². The van der Waals surface area contributed by atoms with E-state index >= 15 is 0 Å². The van der Waals surface area contributed by atoms with Gasteiger partial charge in [-0.25, -0.2) is 0 Å². The Morgan fingerprint density at radius 1 is 1.44 bits per heavy atom. The van der Waals surface area contributed by atoms with E-state index in [1.165, 1.54) is 19.4 Å². The summed E-state index contributed by atoms with van der Waals surface area (Å²) in [6.45, 7) is 3.38. The molecule has 2 nitrogen and oxygen atoms in total. The summed E-state index contributed by atoms with van der Waals surface area (Å²) in [5.41, 5.74) is 0.314. The van der Waals surface area contributed by atoms with Gasteiger partial charge in [0.15, 0.2) is 0 Å². The van der Waals surface area contributed by atoms with Crippen molar-refractivity contribution in [3.63, 3.8) is 0 Å². The summed E-state index contributed by atoms with van der Waals surface area (Å²) < 4.78 is 5.51. The highest BCUT2D eigenvalue weighted by Crippen LogP contribution is 2.34. The van der Waals surface area contributed by atoms with E-state index in [0.717, 1.165) is 13.2 Å². The number of nitrogens with zero attached hydrogens (tertiary/aromatic N) is 1. The summed E-state index contributed by atoms with van der Waals surface area (Å²) in [5.74, 6) is 0. The van der Waals surface area contributed by atoms with Gasteiger partial charge in [-0.15, -0.1) is 0 Å². The molecule has 0 aromatic rings. The molecule has 2 rings (SSSR count). The van der Waals surface area contributed by atoms with Crippen molar-refractivity contribution >= 4 is 0 Å². The lowest BCUT2D eigenvalue weighted by Gasteiger charge is -2.38. The van der Waals surface area contributed by atoms with Crippen LogP contribution in [0.25, 0.3) is 0 Å². The van der Waals surface area contributed by atoms with E-state index in [1.807, 2.05) is 0 Å². The summed E-state index contributed by atoms with van der Waals surface area (Å²) in [7, 11) is 2.16. The zero-order valence-corrected chi connectivity index (χ0v) is 5.89. The molecule has 2 aliphatic heterocycles. The van der Waals surface area contributed by atoms with Gasteiger partial charge in [0.1, 0.15) is 0 Å². The third-order valence-corrected chi connectivity index (χ3v) is 2.47. The molecule has 9 heavy (non-hydrogen) atoms. The minimum absolute atomic E-state index is 0.314. The van der Waals surface area contributed by atoms with Gasteiger partial charge in [-0.1, -0.05) is 0 Å². The van der Waals surface area contributed by atoms with Gasteiger partial charge in [0.2, 0.25) is 0 Å². The van der Waals surface area contributed by atoms with E-state index in [-0.39, 0.29) is 0 Å². The van der Waals surface area contributed by atoms with Crippen LogP contribution in [0.1, 0.15) is 12.8 Å². The molecule has 0 saturated carbocycles. The molecule has 2 fully saturated rings. The number of ether oxygens (including phenoxy) is 1. The van der Waals surface area contributed by atoms with E-state index in [9.17, 15) is 0 Å². The Kier molecular flexibility index (Phi) is 1.08. The van der Waals surface area contributed by atoms with Gasteiger partial charge in [0, 0.05) is 19.5 Å². The monoisotopic (exact) mass is 127 g/mol. The largest absolute Gasteiger partial charge is 0.373 e. The summed E-state index contributed by atoms with van der Waals surface area (Å²) in [5, 5.41) is 0. The lowest BCUT2D eigenvalue weighted by atomic mass is 9.94. The SMILES string of the molecule is CN1CCC2(CCO2)C1. The van der Waals surface area contributed by atoms with Crippen molar-refractivity contribution in [1.29, 1.82) is 0 Å². The molecular formula is C7H13NO. The third kappa shape index (κ3) is 0.775. The summed E-state index contributed by atoms with van der Waals surface area (Å²) in [6, 6.07) is 0. The smallest absolute Gasteiger partial charge is 0.0842 e. The maximum Gasteiger partial charge on any atom is 0.0842 e. The molecule has 1 unspecified atom stereocenters. The maximum absolute atomic E-state index is 5.51. The van der Waals surface area contributed by atoms with Crippen LogP contribution in [0.4, 0.5) is 0 Å². The molecule has 2 heterocycles. The van der Waals surface area contributed by atoms with Crippen molar-refractivity contribution in [2.75, 3.05) is 26.7 Å². The van der Waals surface area contributed by atoms with Crippen molar-refractivity contribution in [2.24, 2.45) is 0 Å². The van der Waals surface area contributed by atoms with Crippen LogP contribution in [-0.2, 0) is 4.74 Å². The van der Waals surface area contributed by atoms with Crippen LogP contribution in [0.3, 0.4) is 0 Å². The molecule has 0 aliphatic carbocycles. The summed E-state index contributed by atoms with van der Waals surface area (Å²) >= 11 is 0. The first-order valence-corrected chi connectivity index (χ1v) is 3.63. The van der Waals surface area contributed by atoms with Crippen LogP contribution < -0.4 is 0 Å². The number of hydrogen-bond acceptors (Lipinski definition) is 2. The van der Waals surface area contributed by atoms with Gasteiger partial charge < -0.3 is 9.64 Å². The maximum atomic E-state index is 5.51. The minimum Gasteiger partial charge on any atom is -0.373 e.